The molecule has 0 bridgehead atoms. The zero-order valence-electron chi connectivity index (χ0n) is 8.65. The molecule has 0 unspecified atom stereocenters. The molecule has 2 N–H and O–H groups in total. The molecule has 15 heavy (non-hydrogen) atoms. The van der Waals surface area contributed by atoms with Crippen molar-refractivity contribution in [1.82, 2.24) is 20.7 Å². The van der Waals surface area contributed by atoms with Crippen LogP contribution in [0.2, 0.25) is 0 Å². The molecule has 82 valence electrons. The molecule has 0 spiro atoms. The zero-order chi connectivity index (χ0) is 10.1. The van der Waals surface area contributed by atoms with E-state index in [0.29, 0.717) is 12.7 Å². The van der Waals surface area contributed by atoms with Crippen molar-refractivity contribution in [2.45, 2.75) is 25.6 Å². The summed E-state index contributed by atoms with van der Waals surface area (Å²) in [6.45, 7) is 2.94. The van der Waals surface area contributed by atoms with E-state index in [1.807, 2.05) is 0 Å². The maximum absolute atomic E-state index is 5.83. The number of nitrogens with one attached hydrogen (secondary N) is 2. The summed E-state index contributed by atoms with van der Waals surface area (Å²) in [5, 5.41) is 13.8. The number of aromatic nitrogens is 3. The Hall–Kier alpha value is -0.940. The van der Waals surface area contributed by atoms with Gasteiger partial charge in [0, 0.05) is 0 Å². The van der Waals surface area contributed by atoms with Crippen LogP contribution in [-0.4, -0.2) is 34.6 Å². The fourth-order valence-corrected chi connectivity index (χ4v) is 2.74. The standard InChI is InChI=1S/C10H16N4O/c1-7-3-11-4-8(7)2-10(1)15-6-9-5-12-14-13-9/h5,7-8,10-11H,1-4,6H2,(H,12,13,14)/t7-,8-/m0/s1. The third-order valence-corrected chi connectivity index (χ3v) is 3.54. The SMILES string of the molecule is c1n[nH]nc1COC1C[C@H]2CNC[C@@H]2C1. The summed E-state index contributed by atoms with van der Waals surface area (Å²) in [6.07, 6.45) is 4.56. The minimum Gasteiger partial charge on any atom is -0.372 e. The summed E-state index contributed by atoms with van der Waals surface area (Å²) in [4.78, 5) is 0. The molecule has 2 aliphatic rings. The first-order valence-corrected chi connectivity index (χ1v) is 5.59. The van der Waals surface area contributed by atoms with Crippen molar-refractivity contribution in [3.63, 3.8) is 0 Å². The number of hydrogen-bond acceptors (Lipinski definition) is 4. The van der Waals surface area contributed by atoms with Gasteiger partial charge in [-0.05, 0) is 37.8 Å². The molecule has 5 nitrogen and oxygen atoms in total. The monoisotopic (exact) mass is 208 g/mol. The highest BCUT2D eigenvalue weighted by molar-refractivity contribution is 4.92. The van der Waals surface area contributed by atoms with E-state index in [4.69, 9.17) is 4.74 Å². The minimum atomic E-state index is 0.429. The van der Waals surface area contributed by atoms with Gasteiger partial charge < -0.3 is 10.1 Å². The van der Waals surface area contributed by atoms with Crippen LogP contribution in [-0.2, 0) is 11.3 Å². The van der Waals surface area contributed by atoms with E-state index < -0.39 is 0 Å². The summed E-state index contributed by atoms with van der Waals surface area (Å²) in [5.74, 6) is 1.68. The molecule has 5 heteroatoms. The Morgan fingerprint density at radius 2 is 2.13 bits per heavy atom. The molecule has 1 aliphatic carbocycles. The Kier molecular flexibility index (Phi) is 2.42. The zero-order valence-corrected chi connectivity index (χ0v) is 8.65. The van der Waals surface area contributed by atoms with E-state index in [2.05, 4.69) is 20.7 Å². The van der Waals surface area contributed by atoms with E-state index in [1.54, 1.807) is 6.20 Å². The second-order valence-corrected chi connectivity index (χ2v) is 4.54. The number of ether oxygens (including phenoxy) is 1. The smallest absolute Gasteiger partial charge is 0.108 e. The quantitative estimate of drug-likeness (QED) is 0.751. The van der Waals surface area contributed by atoms with Gasteiger partial charge in [0.25, 0.3) is 0 Å². The molecule has 1 saturated heterocycles. The fourth-order valence-electron chi connectivity index (χ4n) is 2.74. The van der Waals surface area contributed by atoms with Crippen molar-refractivity contribution >= 4 is 0 Å². The van der Waals surface area contributed by atoms with Crippen LogP contribution in [0.3, 0.4) is 0 Å². The lowest BCUT2D eigenvalue weighted by atomic mass is 10.0. The van der Waals surface area contributed by atoms with Gasteiger partial charge in [-0.2, -0.15) is 15.4 Å². The predicted octanol–water partition coefficient (Wildman–Crippen LogP) is 0.319. The van der Waals surface area contributed by atoms with Crippen LogP contribution >= 0.6 is 0 Å². The second kappa shape index (κ2) is 3.90. The number of rotatable bonds is 3. The third kappa shape index (κ3) is 1.89. The van der Waals surface area contributed by atoms with Crippen LogP contribution in [0, 0.1) is 11.8 Å². The number of nitrogens with zero attached hydrogens (tertiary/aromatic N) is 2. The average molecular weight is 208 g/mol. The maximum Gasteiger partial charge on any atom is 0.108 e. The van der Waals surface area contributed by atoms with Crippen LogP contribution in [0.15, 0.2) is 6.20 Å². The van der Waals surface area contributed by atoms with E-state index in [1.165, 1.54) is 25.9 Å². The van der Waals surface area contributed by atoms with Crippen LogP contribution in [0.25, 0.3) is 0 Å². The van der Waals surface area contributed by atoms with E-state index in [0.717, 1.165) is 17.5 Å². The summed E-state index contributed by atoms with van der Waals surface area (Å²) in [6, 6.07) is 0. The largest absolute Gasteiger partial charge is 0.372 e. The molecule has 1 aromatic heterocycles. The molecule has 0 amide bonds. The molecule has 1 saturated carbocycles. The average Bonchev–Trinajstić information content (AvgIpc) is 2.91. The van der Waals surface area contributed by atoms with Crippen LogP contribution < -0.4 is 5.32 Å². The van der Waals surface area contributed by atoms with E-state index >= 15 is 0 Å². The fraction of sp³-hybridized carbons (Fsp3) is 0.800. The number of fused-ring (bicyclic) bond motifs is 1. The third-order valence-electron chi connectivity index (χ3n) is 3.54. The number of H-pyrrole nitrogens is 1. The predicted molar refractivity (Wildman–Crippen MR) is 54.0 cm³/mol. The van der Waals surface area contributed by atoms with Crippen molar-refractivity contribution in [3.05, 3.63) is 11.9 Å². The summed E-state index contributed by atoms with van der Waals surface area (Å²) >= 11 is 0. The highest BCUT2D eigenvalue weighted by atomic mass is 16.5. The van der Waals surface area contributed by atoms with Gasteiger partial charge in [-0.25, -0.2) is 0 Å². The molecule has 2 fully saturated rings. The molecule has 1 aromatic rings. The van der Waals surface area contributed by atoms with Gasteiger partial charge in [-0.1, -0.05) is 0 Å². The minimum absolute atomic E-state index is 0.429. The summed E-state index contributed by atoms with van der Waals surface area (Å²) in [7, 11) is 0. The summed E-state index contributed by atoms with van der Waals surface area (Å²) in [5.41, 5.74) is 0.894. The first-order chi connectivity index (χ1) is 7.42. The highest BCUT2D eigenvalue weighted by Gasteiger charge is 2.37. The maximum atomic E-state index is 5.83. The molecular weight excluding hydrogens is 192 g/mol. The van der Waals surface area contributed by atoms with Crippen LogP contribution in [0.5, 0.6) is 0 Å². The van der Waals surface area contributed by atoms with Gasteiger partial charge in [-0.15, -0.1) is 0 Å². The number of aromatic amines is 1. The van der Waals surface area contributed by atoms with Crippen LogP contribution in [0.1, 0.15) is 18.5 Å². The van der Waals surface area contributed by atoms with Crippen molar-refractivity contribution in [2.75, 3.05) is 13.1 Å². The molecule has 0 aromatic carbocycles. The van der Waals surface area contributed by atoms with Gasteiger partial charge in [0.15, 0.2) is 0 Å². The number of hydrogen-bond donors (Lipinski definition) is 2. The normalized spacial score (nSPS) is 30.9. The van der Waals surface area contributed by atoms with Gasteiger partial charge in [0.1, 0.15) is 5.69 Å². The van der Waals surface area contributed by atoms with E-state index in [9.17, 15) is 0 Å². The molecule has 1 aliphatic heterocycles. The van der Waals surface area contributed by atoms with Crippen molar-refractivity contribution < 1.29 is 4.74 Å². The Morgan fingerprint density at radius 3 is 2.80 bits per heavy atom. The topological polar surface area (TPSA) is 62.8 Å². The van der Waals surface area contributed by atoms with E-state index in [-0.39, 0.29) is 0 Å². The summed E-state index contributed by atoms with van der Waals surface area (Å²) < 4.78 is 5.83. The van der Waals surface area contributed by atoms with Gasteiger partial charge in [0.2, 0.25) is 0 Å². The Labute approximate surface area is 88.6 Å². The van der Waals surface area contributed by atoms with Gasteiger partial charge in [0.05, 0.1) is 18.9 Å². The van der Waals surface area contributed by atoms with Crippen molar-refractivity contribution in [1.29, 1.82) is 0 Å². The second-order valence-electron chi connectivity index (χ2n) is 4.54. The lowest BCUT2D eigenvalue weighted by Gasteiger charge is -2.11. The first kappa shape index (κ1) is 9.30. The first-order valence-electron chi connectivity index (χ1n) is 5.59. The Morgan fingerprint density at radius 1 is 1.33 bits per heavy atom. The molecule has 3 rings (SSSR count). The van der Waals surface area contributed by atoms with Crippen molar-refractivity contribution in [2.24, 2.45) is 11.8 Å². The molecule has 2 atom stereocenters. The Bertz CT molecular complexity index is 301. The Balaban J connectivity index is 1.49. The van der Waals surface area contributed by atoms with Crippen molar-refractivity contribution in [3.8, 4) is 0 Å². The van der Waals surface area contributed by atoms with Gasteiger partial charge >= 0.3 is 0 Å². The highest BCUT2D eigenvalue weighted by Crippen LogP contribution is 2.36. The molecular formula is C10H16N4O. The molecule has 0 radical (unpaired) electrons. The lowest BCUT2D eigenvalue weighted by molar-refractivity contribution is 0.0385. The van der Waals surface area contributed by atoms with Crippen LogP contribution in [0.4, 0.5) is 0 Å². The van der Waals surface area contributed by atoms with Gasteiger partial charge in [-0.3, -0.25) is 0 Å². The lowest BCUT2D eigenvalue weighted by Crippen LogP contribution is -2.16. The molecule has 2 heterocycles.